The number of amides is 1. The minimum Gasteiger partial charge on any atom is -0.394 e. The van der Waals surface area contributed by atoms with Gasteiger partial charge in [-0.2, -0.15) is 0 Å². The van der Waals surface area contributed by atoms with Crippen molar-refractivity contribution in [2.24, 2.45) is 0 Å². The van der Waals surface area contributed by atoms with E-state index in [4.69, 9.17) is 9.47 Å². The number of nitrogens with one attached hydrogen (secondary N) is 1. The number of ether oxygens (including phenoxy) is 2. The first-order chi connectivity index (χ1) is 13.8. The Kier molecular flexibility index (Phi) is 12.6. The highest BCUT2D eigenvalue weighted by Gasteiger charge is 2.44. The molecule has 1 aliphatic rings. The van der Waals surface area contributed by atoms with Crippen molar-refractivity contribution in [1.29, 1.82) is 0 Å². The Labute approximate surface area is 172 Å². The minimum atomic E-state index is -1.55. The third-order valence-corrected chi connectivity index (χ3v) is 4.83. The molecular formula is C20H37NO8. The van der Waals surface area contributed by atoms with E-state index in [1.54, 1.807) is 6.08 Å². The lowest BCUT2D eigenvalue weighted by Gasteiger charge is -2.40. The number of aliphatic hydroxyl groups is 5. The Bertz CT molecular complexity index is 487. The first-order valence-corrected chi connectivity index (χ1v) is 10.4. The monoisotopic (exact) mass is 419 g/mol. The second kappa shape index (κ2) is 14.0. The van der Waals surface area contributed by atoms with Gasteiger partial charge >= 0.3 is 0 Å². The molecule has 9 nitrogen and oxygen atoms in total. The zero-order chi connectivity index (χ0) is 21.8. The number of allylic oxidation sites excluding steroid dienone is 1. The summed E-state index contributed by atoms with van der Waals surface area (Å²) in [5, 5.41) is 52.1. The fraction of sp³-hybridized carbons (Fsp3) is 0.850. The summed E-state index contributed by atoms with van der Waals surface area (Å²) in [7, 11) is 0. The molecule has 6 N–H and O–H groups in total. The van der Waals surface area contributed by atoms with Crippen LogP contribution >= 0.6 is 0 Å². The molecule has 0 aromatic heterocycles. The van der Waals surface area contributed by atoms with Gasteiger partial charge in [-0.05, 0) is 19.3 Å². The Hall–Kier alpha value is -1.07. The van der Waals surface area contributed by atoms with E-state index < -0.39 is 49.5 Å². The van der Waals surface area contributed by atoms with E-state index in [9.17, 15) is 30.3 Å². The van der Waals surface area contributed by atoms with Gasteiger partial charge in [0.1, 0.15) is 24.4 Å². The number of aliphatic hydroxyl groups excluding tert-OH is 5. The Morgan fingerprint density at radius 3 is 2.48 bits per heavy atom. The van der Waals surface area contributed by atoms with Crippen LogP contribution in [-0.2, 0) is 14.3 Å². The summed E-state index contributed by atoms with van der Waals surface area (Å²) >= 11 is 0. The molecule has 0 aliphatic carbocycles. The maximum absolute atomic E-state index is 12.0. The number of carbonyl (C=O) groups excluding carboxylic acids is 1. The van der Waals surface area contributed by atoms with Crippen LogP contribution in [0.4, 0.5) is 0 Å². The zero-order valence-electron chi connectivity index (χ0n) is 17.3. The Morgan fingerprint density at radius 1 is 1.14 bits per heavy atom. The first kappa shape index (κ1) is 26.0. The number of hydrogen-bond donors (Lipinski definition) is 6. The second-order valence-corrected chi connectivity index (χ2v) is 7.37. The highest BCUT2D eigenvalue weighted by Crippen LogP contribution is 2.22. The molecule has 170 valence electrons. The molecular weight excluding hydrogens is 382 g/mol. The summed E-state index contributed by atoms with van der Waals surface area (Å²) in [4.78, 5) is 12.0. The molecule has 0 saturated carbocycles. The lowest BCUT2D eigenvalue weighted by molar-refractivity contribution is -0.302. The van der Waals surface area contributed by atoms with E-state index >= 15 is 0 Å². The Morgan fingerprint density at radius 2 is 1.86 bits per heavy atom. The van der Waals surface area contributed by atoms with Crippen LogP contribution in [0, 0.1) is 0 Å². The van der Waals surface area contributed by atoms with Crippen molar-refractivity contribution >= 4 is 5.91 Å². The summed E-state index contributed by atoms with van der Waals surface area (Å²) in [6.45, 7) is 3.21. The van der Waals surface area contributed by atoms with E-state index in [2.05, 4.69) is 12.2 Å². The van der Waals surface area contributed by atoms with Gasteiger partial charge in [-0.1, -0.05) is 38.8 Å². The van der Waals surface area contributed by atoms with Crippen molar-refractivity contribution in [3.05, 3.63) is 12.2 Å². The van der Waals surface area contributed by atoms with Gasteiger partial charge in [0.15, 0.2) is 6.29 Å². The second-order valence-electron chi connectivity index (χ2n) is 7.37. The molecule has 1 rings (SSSR count). The first-order valence-electron chi connectivity index (χ1n) is 10.4. The average molecular weight is 420 g/mol. The maximum atomic E-state index is 12.0. The molecule has 1 fully saturated rings. The molecule has 1 amide bonds. The van der Waals surface area contributed by atoms with Crippen molar-refractivity contribution in [1.82, 2.24) is 5.32 Å². The normalized spacial score (nSPS) is 29.7. The molecule has 7 atom stereocenters. The van der Waals surface area contributed by atoms with Gasteiger partial charge in [-0.25, -0.2) is 0 Å². The van der Waals surface area contributed by atoms with Crippen LogP contribution in [0.2, 0.25) is 0 Å². The molecule has 1 heterocycles. The topological polar surface area (TPSA) is 149 Å². The van der Waals surface area contributed by atoms with Crippen LogP contribution in [0.5, 0.6) is 0 Å². The van der Waals surface area contributed by atoms with Crippen molar-refractivity contribution < 1.29 is 39.8 Å². The van der Waals surface area contributed by atoms with Gasteiger partial charge in [-0.15, -0.1) is 0 Å². The molecule has 1 aliphatic heterocycles. The average Bonchev–Trinajstić information content (AvgIpc) is 2.70. The lowest BCUT2D eigenvalue weighted by Crippen LogP contribution is -2.60. The van der Waals surface area contributed by atoms with Gasteiger partial charge in [0.05, 0.1) is 25.4 Å². The number of carbonyl (C=O) groups is 1. The molecule has 0 aromatic rings. The quantitative estimate of drug-likeness (QED) is 0.174. The van der Waals surface area contributed by atoms with Gasteiger partial charge in [0, 0.05) is 6.42 Å². The molecule has 1 saturated heterocycles. The van der Waals surface area contributed by atoms with Gasteiger partial charge in [0.25, 0.3) is 0 Å². The van der Waals surface area contributed by atoms with E-state index in [1.807, 2.05) is 13.0 Å². The predicted molar refractivity (Wildman–Crippen MR) is 106 cm³/mol. The summed E-state index contributed by atoms with van der Waals surface area (Å²) in [6.07, 6.45) is 0.414. The summed E-state index contributed by atoms with van der Waals surface area (Å²) in [5.41, 5.74) is 0. The van der Waals surface area contributed by atoms with Crippen LogP contribution in [0.15, 0.2) is 12.2 Å². The summed E-state index contributed by atoms with van der Waals surface area (Å²) in [5.74, 6) is -0.242. The summed E-state index contributed by atoms with van der Waals surface area (Å²) in [6, 6.07) is -0.788. The van der Waals surface area contributed by atoms with Crippen molar-refractivity contribution in [3.8, 4) is 0 Å². The fourth-order valence-electron chi connectivity index (χ4n) is 3.02. The minimum absolute atomic E-state index is 0.196. The molecule has 0 aromatic carbocycles. The predicted octanol–water partition coefficient (Wildman–Crippen LogP) is -0.415. The number of rotatable bonds is 13. The molecule has 0 spiro atoms. The van der Waals surface area contributed by atoms with E-state index in [0.717, 1.165) is 25.7 Å². The van der Waals surface area contributed by atoms with Crippen LogP contribution in [0.25, 0.3) is 0 Å². The largest absolute Gasteiger partial charge is 0.394 e. The van der Waals surface area contributed by atoms with Crippen molar-refractivity contribution in [3.63, 3.8) is 0 Å². The Balaban J connectivity index is 2.71. The van der Waals surface area contributed by atoms with Crippen LogP contribution in [0.1, 0.15) is 52.4 Å². The smallest absolute Gasteiger partial charge is 0.220 e. The highest BCUT2D eigenvalue weighted by atomic mass is 16.7. The van der Waals surface area contributed by atoms with E-state index in [0.29, 0.717) is 12.8 Å². The van der Waals surface area contributed by atoms with Crippen LogP contribution < -0.4 is 5.32 Å². The van der Waals surface area contributed by atoms with Gasteiger partial charge in [-0.3, -0.25) is 4.79 Å². The zero-order valence-corrected chi connectivity index (χ0v) is 17.3. The highest BCUT2D eigenvalue weighted by molar-refractivity contribution is 5.76. The molecule has 0 bridgehead atoms. The van der Waals surface area contributed by atoms with E-state index in [-0.39, 0.29) is 12.5 Å². The molecule has 29 heavy (non-hydrogen) atoms. The lowest BCUT2D eigenvalue weighted by atomic mass is 9.99. The van der Waals surface area contributed by atoms with Gasteiger partial charge < -0.3 is 40.3 Å². The van der Waals surface area contributed by atoms with Crippen molar-refractivity contribution in [2.45, 2.75) is 95.2 Å². The SMILES string of the molecule is CCCCC/C=C/C(O)C(COC1OC(CO)C(O)C(O)C1O)NC(=O)CCC. The fourth-order valence-corrected chi connectivity index (χ4v) is 3.02. The number of unbranched alkanes of at least 4 members (excludes halogenated alkanes) is 3. The third-order valence-electron chi connectivity index (χ3n) is 4.83. The van der Waals surface area contributed by atoms with Gasteiger partial charge in [0.2, 0.25) is 5.91 Å². The molecule has 9 heteroatoms. The molecule has 7 unspecified atom stereocenters. The third kappa shape index (κ3) is 8.67. The van der Waals surface area contributed by atoms with Crippen LogP contribution in [0.3, 0.4) is 0 Å². The maximum Gasteiger partial charge on any atom is 0.220 e. The standard InChI is InChI=1S/C20H37NO8/c1-3-5-6-7-8-10-14(23)13(21-16(24)9-4-2)12-28-20-19(27)18(26)17(25)15(11-22)29-20/h8,10,13-15,17-20,22-23,25-27H,3-7,9,11-12H2,1-2H3,(H,21,24)/b10-8+. The number of hydrogen-bond acceptors (Lipinski definition) is 8. The summed E-state index contributed by atoms with van der Waals surface area (Å²) < 4.78 is 10.8. The van der Waals surface area contributed by atoms with Crippen LogP contribution in [-0.4, -0.2) is 87.5 Å². The van der Waals surface area contributed by atoms with E-state index in [1.165, 1.54) is 0 Å². The molecule has 0 radical (unpaired) electrons. The van der Waals surface area contributed by atoms with Crippen molar-refractivity contribution in [2.75, 3.05) is 13.2 Å².